The first-order chi connectivity index (χ1) is 7.91. The van der Waals surface area contributed by atoms with Crippen molar-refractivity contribution in [3.63, 3.8) is 0 Å². The molecule has 0 aromatic heterocycles. The van der Waals surface area contributed by atoms with Crippen LogP contribution in [-0.4, -0.2) is 45.2 Å². The Labute approximate surface area is 105 Å². The summed E-state index contributed by atoms with van der Waals surface area (Å²) in [6, 6.07) is 0.143. The smallest absolute Gasteiger partial charge is 0.151 e. The monoisotopic (exact) mass is 263 g/mol. The summed E-state index contributed by atoms with van der Waals surface area (Å²) < 4.78 is 28.6. The van der Waals surface area contributed by atoms with Crippen molar-refractivity contribution in [3.8, 4) is 0 Å². The SMILES string of the molecule is CC(C)OCCCNC1CCCC1S(C)(=O)=O. The van der Waals surface area contributed by atoms with E-state index in [1.165, 1.54) is 6.26 Å². The van der Waals surface area contributed by atoms with Crippen LogP contribution in [0.3, 0.4) is 0 Å². The lowest BCUT2D eigenvalue weighted by atomic mass is 10.2. The normalized spacial score (nSPS) is 25.6. The van der Waals surface area contributed by atoms with Crippen LogP contribution in [0.15, 0.2) is 0 Å². The molecule has 0 bridgehead atoms. The van der Waals surface area contributed by atoms with E-state index in [1.807, 2.05) is 13.8 Å². The van der Waals surface area contributed by atoms with E-state index in [0.29, 0.717) is 0 Å². The molecule has 0 amide bonds. The van der Waals surface area contributed by atoms with Gasteiger partial charge in [-0.3, -0.25) is 0 Å². The highest BCUT2D eigenvalue weighted by Gasteiger charge is 2.33. The largest absolute Gasteiger partial charge is 0.379 e. The minimum absolute atomic E-state index is 0.143. The van der Waals surface area contributed by atoms with Gasteiger partial charge in [0.1, 0.15) is 0 Å². The molecule has 0 aliphatic heterocycles. The van der Waals surface area contributed by atoms with E-state index >= 15 is 0 Å². The van der Waals surface area contributed by atoms with Gasteiger partial charge >= 0.3 is 0 Å². The third kappa shape index (κ3) is 5.36. The predicted molar refractivity (Wildman–Crippen MR) is 70.0 cm³/mol. The maximum Gasteiger partial charge on any atom is 0.151 e. The summed E-state index contributed by atoms with van der Waals surface area (Å²) in [5.74, 6) is 0. The summed E-state index contributed by atoms with van der Waals surface area (Å²) in [6.07, 6.45) is 5.34. The van der Waals surface area contributed by atoms with Crippen molar-refractivity contribution >= 4 is 9.84 Å². The van der Waals surface area contributed by atoms with Crippen molar-refractivity contribution in [1.82, 2.24) is 5.32 Å². The van der Waals surface area contributed by atoms with E-state index in [-0.39, 0.29) is 17.4 Å². The van der Waals surface area contributed by atoms with Gasteiger partial charge in [-0.25, -0.2) is 8.42 Å². The summed E-state index contributed by atoms with van der Waals surface area (Å²) in [4.78, 5) is 0. The summed E-state index contributed by atoms with van der Waals surface area (Å²) >= 11 is 0. The van der Waals surface area contributed by atoms with Gasteiger partial charge < -0.3 is 10.1 Å². The lowest BCUT2D eigenvalue weighted by Gasteiger charge is -2.19. The van der Waals surface area contributed by atoms with Gasteiger partial charge in [0, 0.05) is 18.9 Å². The summed E-state index contributed by atoms with van der Waals surface area (Å²) in [6.45, 7) is 5.61. The van der Waals surface area contributed by atoms with Crippen LogP contribution in [0.25, 0.3) is 0 Å². The molecule has 2 unspecified atom stereocenters. The van der Waals surface area contributed by atoms with E-state index in [2.05, 4.69) is 5.32 Å². The molecule has 0 radical (unpaired) electrons. The maximum absolute atomic E-state index is 11.6. The van der Waals surface area contributed by atoms with E-state index in [0.717, 1.165) is 38.8 Å². The highest BCUT2D eigenvalue weighted by Crippen LogP contribution is 2.24. The van der Waals surface area contributed by atoms with Crippen molar-refractivity contribution in [2.75, 3.05) is 19.4 Å². The average molecular weight is 263 g/mol. The van der Waals surface area contributed by atoms with Crippen molar-refractivity contribution in [1.29, 1.82) is 0 Å². The molecule has 1 rings (SSSR count). The quantitative estimate of drug-likeness (QED) is 0.705. The van der Waals surface area contributed by atoms with E-state index in [9.17, 15) is 8.42 Å². The molecular formula is C12H25NO3S. The molecule has 0 aromatic carbocycles. The van der Waals surface area contributed by atoms with Crippen LogP contribution in [0.5, 0.6) is 0 Å². The van der Waals surface area contributed by atoms with Crippen molar-refractivity contribution < 1.29 is 13.2 Å². The third-order valence-electron chi connectivity index (χ3n) is 3.18. The second kappa shape index (κ2) is 6.71. The number of rotatable bonds is 7. The highest BCUT2D eigenvalue weighted by atomic mass is 32.2. The van der Waals surface area contributed by atoms with Crippen molar-refractivity contribution in [3.05, 3.63) is 0 Å². The second-order valence-electron chi connectivity index (χ2n) is 5.13. The Bertz CT molecular complexity index is 314. The molecule has 4 nitrogen and oxygen atoms in total. The Balaban J connectivity index is 2.23. The lowest BCUT2D eigenvalue weighted by molar-refractivity contribution is 0.0767. The molecule has 1 aliphatic rings. The zero-order valence-corrected chi connectivity index (χ0v) is 11.9. The molecule has 2 atom stereocenters. The molecule has 0 spiro atoms. The Morgan fingerprint density at radius 1 is 1.35 bits per heavy atom. The zero-order chi connectivity index (χ0) is 12.9. The van der Waals surface area contributed by atoms with Crippen molar-refractivity contribution in [2.45, 2.75) is 56.9 Å². The van der Waals surface area contributed by atoms with Crippen LogP contribution in [0.4, 0.5) is 0 Å². The molecule has 17 heavy (non-hydrogen) atoms. The fourth-order valence-corrected chi connectivity index (χ4v) is 3.77. The van der Waals surface area contributed by atoms with Gasteiger partial charge in [-0.15, -0.1) is 0 Å². The molecule has 0 heterocycles. The zero-order valence-electron chi connectivity index (χ0n) is 11.1. The first-order valence-electron chi connectivity index (χ1n) is 6.45. The van der Waals surface area contributed by atoms with Crippen LogP contribution in [-0.2, 0) is 14.6 Å². The van der Waals surface area contributed by atoms with Gasteiger partial charge in [0.05, 0.1) is 11.4 Å². The molecule has 5 heteroatoms. The molecule has 102 valence electrons. The Morgan fingerprint density at radius 3 is 2.65 bits per heavy atom. The van der Waals surface area contributed by atoms with E-state index in [1.54, 1.807) is 0 Å². The standard InChI is InChI=1S/C12H25NO3S/c1-10(2)16-9-5-8-13-11-6-4-7-12(11)17(3,14)15/h10-13H,4-9H2,1-3H3. The molecule has 1 N–H and O–H groups in total. The van der Waals surface area contributed by atoms with Gasteiger partial charge in [0.25, 0.3) is 0 Å². The molecule has 1 aliphatic carbocycles. The first kappa shape index (κ1) is 14.9. The van der Waals surface area contributed by atoms with Crippen molar-refractivity contribution in [2.24, 2.45) is 0 Å². The van der Waals surface area contributed by atoms with Gasteiger partial charge in [-0.1, -0.05) is 6.42 Å². The van der Waals surface area contributed by atoms with Gasteiger partial charge in [-0.05, 0) is 39.7 Å². The number of nitrogens with one attached hydrogen (secondary N) is 1. The number of hydrogen-bond acceptors (Lipinski definition) is 4. The molecular weight excluding hydrogens is 238 g/mol. The first-order valence-corrected chi connectivity index (χ1v) is 8.40. The Morgan fingerprint density at radius 2 is 2.06 bits per heavy atom. The molecule has 0 aromatic rings. The van der Waals surface area contributed by atoms with Crippen LogP contribution in [0, 0.1) is 0 Å². The third-order valence-corrected chi connectivity index (χ3v) is 4.85. The number of ether oxygens (including phenoxy) is 1. The fourth-order valence-electron chi connectivity index (χ4n) is 2.35. The average Bonchev–Trinajstić information content (AvgIpc) is 2.64. The number of sulfone groups is 1. The fraction of sp³-hybridized carbons (Fsp3) is 1.00. The van der Waals surface area contributed by atoms with Gasteiger partial charge in [-0.2, -0.15) is 0 Å². The number of hydrogen-bond donors (Lipinski definition) is 1. The molecule has 1 fully saturated rings. The maximum atomic E-state index is 11.6. The Kier molecular flexibility index (Phi) is 5.89. The lowest BCUT2D eigenvalue weighted by Crippen LogP contribution is -2.40. The van der Waals surface area contributed by atoms with E-state index in [4.69, 9.17) is 4.74 Å². The summed E-state index contributed by atoms with van der Waals surface area (Å²) in [7, 11) is -2.90. The highest BCUT2D eigenvalue weighted by molar-refractivity contribution is 7.91. The summed E-state index contributed by atoms with van der Waals surface area (Å²) in [5, 5.41) is 3.17. The molecule has 1 saturated carbocycles. The van der Waals surface area contributed by atoms with Crippen LogP contribution in [0.2, 0.25) is 0 Å². The molecule has 0 saturated heterocycles. The minimum Gasteiger partial charge on any atom is -0.379 e. The van der Waals surface area contributed by atoms with Gasteiger partial charge in [0.15, 0.2) is 9.84 Å². The second-order valence-corrected chi connectivity index (χ2v) is 7.40. The van der Waals surface area contributed by atoms with E-state index < -0.39 is 9.84 Å². The topological polar surface area (TPSA) is 55.4 Å². The predicted octanol–water partition coefficient (Wildman–Crippen LogP) is 1.36. The minimum atomic E-state index is -2.90. The van der Waals surface area contributed by atoms with Crippen LogP contribution < -0.4 is 5.32 Å². The Hall–Kier alpha value is -0.130. The van der Waals surface area contributed by atoms with Crippen LogP contribution >= 0.6 is 0 Å². The van der Waals surface area contributed by atoms with Crippen LogP contribution in [0.1, 0.15) is 39.5 Å². The summed E-state index contributed by atoms with van der Waals surface area (Å²) in [5.41, 5.74) is 0. The van der Waals surface area contributed by atoms with Gasteiger partial charge in [0.2, 0.25) is 0 Å².